The van der Waals surface area contributed by atoms with E-state index in [9.17, 15) is 18.4 Å². The molecule has 0 unspecified atom stereocenters. The van der Waals surface area contributed by atoms with E-state index in [1.54, 1.807) is 32.1 Å². The Labute approximate surface area is 197 Å². The Morgan fingerprint density at radius 2 is 2.15 bits per heavy atom. The minimum absolute atomic E-state index is 0.0108. The van der Waals surface area contributed by atoms with Crippen LogP contribution in [-0.4, -0.2) is 66.5 Å². The van der Waals surface area contributed by atoms with E-state index in [2.05, 4.69) is 31.9 Å². The van der Waals surface area contributed by atoms with Crippen LogP contribution in [0, 0.1) is 6.92 Å². The Kier molecular flexibility index (Phi) is 9.52. The van der Waals surface area contributed by atoms with E-state index in [0.29, 0.717) is 29.6 Å². The van der Waals surface area contributed by atoms with Crippen LogP contribution >= 0.6 is 0 Å². The van der Waals surface area contributed by atoms with Crippen LogP contribution in [0.25, 0.3) is 0 Å². The van der Waals surface area contributed by atoms with Gasteiger partial charge in [0.25, 0.3) is 11.8 Å². The fraction of sp³-hybridized carbons (Fsp3) is 0.478. The van der Waals surface area contributed by atoms with Crippen molar-refractivity contribution in [1.29, 1.82) is 0 Å². The van der Waals surface area contributed by atoms with Gasteiger partial charge in [-0.25, -0.2) is 23.6 Å². The first-order valence-corrected chi connectivity index (χ1v) is 10.8. The second-order valence-electron chi connectivity index (χ2n) is 7.73. The summed E-state index contributed by atoms with van der Waals surface area (Å²) in [5, 5.41) is 5.47. The summed E-state index contributed by atoms with van der Waals surface area (Å²) in [5.41, 5.74) is 0.543. The molecular formula is C23H31F2N5O4. The number of carbonyl (C=O) groups is 2. The lowest BCUT2D eigenvalue weighted by molar-refractivity contribution is -0.0716. The standard InChI is InChI=1S/C23H31F2N5O4/c1-6-26-19(12-16(4)34-7-2)28-18-9-8-15(3)20(29-18)21(31)30-14-23(24,25)11-10-17(30)13-27-22(32)33-5/h6,8-9,12,17H,1,7,10-11,13-14H2,2-5H3,(H,27,32)(H,26,28,29)/b16-12+/t17-/m1/s1. The lowest BCUT2D eigenvalue weighted by Crippen LogP contribution is -2.55. The summed E-state index contributed by atoms with van der Waals surface area (Å²) >= 11 is 0. The maximum Gasteiger partial charge on any atom is 0.406 e. The maximum absolute atomic E-state index is 14.2. The summed E-state index contributed by atoms with van der Waals surface area (Å²) in [5.74, 6) is -2.41. The van der Waals surface area contributed by atoms with Crippen molar-refractivity contribution in [3.05, 3.63) is 48.0 Å². The van der Waals surface area contributed by atoms with Crippen LogP contribution in [0.1, 0.15) is 42.7 Å². The number of anilines is 1. The van der Waals surface area contributed by atoms with Gasteiger partial charge < -0.3 is 25.0 Å². The Morgan fingerprint density at radius 1 is 1.41 bits per heavy atom. The number of halogens is 2. The van der Waals surface area contributed by atoms with Crippen molar-refractivity contribution in [3.8, 4) is 0 Å². The number of nitrogens with one attached hydrogen (secondary N) is 2. The maximum atomic E-state index is 14.2. The van der Waals surface area contributed by atoms with E-state index in [4.69, 9.17) is 4.74 Å². The van der Waals surface area contributed by atoms with Crippen LogP contribution in [0.15, 0.2) is 41.7 Å². The number of alkyl carbamates (subject to hydrolysis) is 1. The van der Waals surface area contributed by atoms with E-state index in [-0.39, 0.29) is 25.1 Å². The fourth-order valence-electron chi connectivity index (χ4n) is 3.46. The average molecular weight is 480 g/mol. The molecule has 0 spiro atoms. The number of likely N-dealkylation sites (tertiary alicyclic amines) is 1. The van der Waals surface area contributed by atoms with Gasteiger partial charge >= 0.3 is 6.09 Å². The van der Waals surface area contributed by atoms with Gasteiger partial charge in [-0.05, 0) is 38.8 Å². The van der Waals surface area contributed by atoms with Gasteiger partial charge in [0.1, 0.15) is 17.3 Å². The van der Waals surface area contributed by atoms with Crippen molar-refractivity contribution in [2.24, 2.45) is 4.99 Å². The highest BCUT2D eigenvalue weighted by molar-refractivity contribution is 6.04. The third-order valence-corrected chi connectivity index (χ3v) is 5.11. The third-order valence-electron chi connectivity index (χ3n) is 5.11. The molecule has 2 rings (SSSR count). The molecule has 0 radical (unpaired) electrons. The van der Waals surface area contributed by atoms with Crippen molar-refractivity contribution in [3.63, 3.8) is 0 Å². The van der Waals surface area contributed by atoms with Crippen LogP contribution in [0.3, 0.4) is 0 Å². The van der Waals surface area contributed by atoms with Crippen molar-refractivity contribution < 1.29 is 27.8 Å². The van der Waals surface area contributed by atoms with Crippen molar-refractivity contribution in [1.82, 2.24) is 15.2 Å². The molecular weight excluding hydrogens is 448 g/mol. The van der Waals surface area contributed by atoms with Crippen LogP contribution in [0.5, 0.6) is 0 Å². The topological polar surface area (TPSA) is 105 Å². The van der Waals surface area contributed by atoms with Gasteiger partial charge in [0.15, 0.2) is 0 Å². The van der Waals surface area contributed by atoms with Gasteiger partial charge in [-0.2, -0.15) is 0 Å². The number of ether oxygens (including phenoxy) is 2. The molecule has 1 aliphatic heterocycles. The number of hydrogen-bond acceptors (Lipinski definition) is 6. The highest BCUT2D eigenvalue weighted by Crippen LogP contribution is 2.31. The number of aromatic nitrogens is 1. The Hall–Kier alpha value is -3.50. The Bertz CT molecular complexity index is 965. The van der Waals surface area contributed by atoms with Gasteiger partial charge in [-0.1, -0.05) is 12.6 Å². The molecule has 0 aliphatic carbocycles. The second kappa shape index (κ2) is 12.1. The SMILES string of the molecule is C=C/N=C(\C=C(/C)OCC)Nc1ccc(C)c(C(=O)N2CC(F)(F)CC[C@@H]2CNC(=O)OC)n1. The first-order chi connectivity index (χ1) is 16.1. The number of carbonyl (C=O) groups excluding carboxylic acids is 2. The predicted molar refractivity (Wildman–Crippen MR) is 125 cm³/mol. The molecule has 0 bridgehead atoms. The fourth-order valence-corrected chi connectivity index (χ4v) is 3.46. The van der Waals surface area contributed by atoms with Crippen LogP contribution in [0.4, 0.5) is 19.4 Å². The number of aryl methyl sites for hydroxylation is 1. The van der Waals surface area contributed by atoms with Crippen molar-refractivity contribution in [2.75, 3.05) is 32.1 Å². The third kappa shape index (κ3) is 7.53. The van der Waals surface area contributed by atoms with E-state index in [0.717, 1.165) is 4.90 Å². The van der Waals surface area contributed by atoms with Gasteiger partial charge in [-0.15, -0.1) is 0 Å². The molecule has 9 nitrogen and oxygen atoms in total. The zero-order valence-corrected chi connectivity index (χ0v) is 19.9. The monoisotopic (exact) mass is 479 g/mol. The lowest BCUT2D eigenvalue weighted by atomic mass is 9.98. The predicted octanol–water partition coefficient (Wildman–Crippen LogP) is 3.88. The van der Waals surface area contributed by atoms with Gasteiger partial charge in [-0.3, -0.25) is 4.79 Å². The number of allylic oxidation sites excluding steroid dienone is 1. The number of amides is 2. The quantitative estimate of drug-likeness (QED) is 0.333. The number of piperidine rings is 1. The number of hydrogen-bond donors (Lipinski definition) is 2. The molecule has 1 aromatic heterocycles. The Morgan fingerprint density at radius 3 is 2.79 bits per heavy atom. The van der Waals surface area contributed by atoms with Crippen molar-refractivity contribution in [2.45, 2.75) is 45.6 Å². The molecule has 2 heterocycles. The van der Waals surface area contributed by atoms with E-state index in [1.165, 1.54) is 13.3 Å². The number of rotatable bonds is 8. The number of methoxy groups -OCH3 is 1. The van der Waals surface area contributed by atoms with Crippen LogP contribution in [-0.2, 0) is 9.47 Å². The minimum atomic E-state index is -3.04. The molecule has 34 heavy (non-hydrogen) atoms. The van der Waals surface area contributed by atoms with Gasteiger partial charge in [0.2, 0.25) is 0 Å². The summed E-state index contributed by atoms with van der Waals surface area (Å²) in [4.78, 5) is 34.4. The molecule has 11 heteroatoms. The Balaban J connectivity index is 2.31. The number of nitrogens with zero attached hydrogens (tertiary/aromatic N) is 3. The van der Waals surface area contributed by atoms with Gasteiger partial charge in [0.05, 0.1) is 32.1 Å². The molecule has 1 saturated heterocycles. The summed E-state index contributed by atoms with van der Waals surface area (Å²) in [6.07, 6.45) is 1.93. The minimum Gasteiger partial charge on any atom is -0.498 e. The first-order valence-electron chi connectivity index (χ1n) is 10.8. The van der Waals surface area contributed by atoms with Gasteiger partial charge in [0, 0.05) is 25.2 Å². The molecule has 1 aliphatic rings. The van der Waals surface area contributed by atoms with Crippen LogP contribution < -0.4 is 10.6 Å². The normalized spacial score (nSPS) is 18.2. The molecule has 0 aromatic carbocycles. The summed E-state index contributed by atoms with van der Waals surface area (Å²) in [7, 11) is 1.20. The molecule has 186 valence electrons. The number of pyridine rings is 1. The van der Waals surface area contributed by atoms with Crippen LogP contribution in [0.2, 0.25) is 0 Å². The zero-order valence-electron chi connectivity index (χ0n) is 19.9. The summed E-state index contributed by atoms with van der Waals surface area (Å²) < 4.78 is 38.4. The summed E-state index contributed by atoms with van der Waals surface area (Å²) in [6, 6.07) is 2.69. The van der Waals surface area contributed by atoms with E-state index >= 15 is 0 Å². The first kappa shape index (κ1) is 26.7. The number of amidine groups is 1. The molecule has 1 atom stereocenters. The molecule has 2 N–H and O–H groups in total. The molecule has 1 aromatic rings. The second-order valence-corrected chi connectivity index (χ2v) is 7.73. The largest absolute Gasteiger partial charge is 0.498 e. The molecule has 2 amide bonds. The average Bonchev–Trinajstić information content (AvgIpc) is 2.78. The number of alkyl halides is 2. The van der Waals surface area contributed by atoms with E-state index in [1.807, 2.05) is 6.92 Å². The number of aliphatic imine (C=N–C) groups is 1. The summed E-state index contributed by atoms with van der Waals surface area (Å²) in [6.45, 7) is 8.58. The van der Waals surface area contributed by atoms with Crippen molar-refractivity contribution >= 4 is 23.7 Å². The molecule has 1 fully saturated rings. The highest BCUT2D eigenvalue weighted by Gasteiger charge is 2.43. The zero-order chi connectivity index (χ0) is 25.3. The highest BCUT2D eigenvalue weighted by atomic mass is 19.3. The van der Waals surface area contributed by atoms with E-state index < -0.39 is 30.5 Å². The smallest absolute Gasteiger partial charge is 0.406 e. The lowest BCUT2D eigenvalue weighted by Gasteiger charge is -2.39. The molecule has 0 saturated carbocycles.